The molecule has 0 saturated carbocycles. The Hall–Kier alpha value is -1.73. The van der Waals surface area contributed by atoms with Crippen LogP contribution in [0.25, 0.3) is 0 Å². The van der Waals surface area contributed by atoms with Crippen molar-refractivity contribution < 1.29 is 21.6 Å². The minimum atomic E-state index is -4.39. The van der Waals surface area contributed by atoms with E-state index < -0.39 is 32.4 Å². The van der Waals surface area contributed by atoms with Crippen molar-refractivity contribution in [3.63, 3.8) is 0 Å². The highest BCUT2D eigenvalue weighted by molar-refractivity contribution is 7.92. The molecular weight excluding hydrogens is 327 g/mol. The first-order valence-electron chi connectivity index (χ1n) is 5.65. The van der Waals surface area contributed by atoms with E-state index in [2.05, 4.69) is 4.72 Å². The number of hydrogen-bond acceptors (Lipinski definition) is 2. The molecule has 8 heteroatoms. The molecule has 0 saturated heterocycles. The lowest BCUT2D eigenvalue weighted by molar-refractivity contribution is 0.432. The van der Waals surface area contributed by atoms with Crippen LogP contribution in [0.4, 0.5) is 18.9 Å². The molecule has 21 heavy (non-hydrogen) atoms. The van der Waals surface area contributed by atoms with Crippen LogP contribution in [0.3, 0.4) is 0 Å². The molecule has 0 amide bonds. The Morgan fingerprint density at radius 1 is 1.05 bits per heavy atom. The first-order valence-corrected chi connectivity index (χ1v) is 7.51. The quantitative estimate of drug-likeness (QED) is 0.866. The molecule has 2 aromatic carbocycles. The summed E-state index contributed by atoms with van der Waals surface area (Å²) in [6, 6.07) is 5.52. The SMILES string of the molecule is Cc1cc(Cl)ccc1NS(=O)(=O)c1ccc(F)c(F)c1F. The molecule has 1 N–H and O–H groups in total. The van der Waals surface area contributed by atoms with Gasteiger partial charge in [0, 0.05) is 5.02 Å². The van der Waals surface area contributed by atoms with E-state index in [0.717, 1.165) is 0 Å². The van der Waals surface area contributed by atoms with Crippen LogP contribution < -0.4 is 4.72 Å². The predicted molar refractivity (Wildman–Crippen MR) is 73.3 cm³/mol. The predicted octanol–water partition coefficient (Wildman–Crippen LogP) is 3.87. The molecule has 0 bridgehead atoms. The summed E-state index contributed by atoms with van der Waals surface area (Å²) in [6.07, 6.45) is 0. The average Bonchev–Trinajstić information content (AvgIpc) is 2.39. The van der Waals surface area contributed by atoms with Gasteiger partial charge < -0.3 is 0 Å². The second kappa shape index (κ2) is 5.57. The number of halogens is 4. The molecule has 0 radical (unpaired) electrons. The highest BCUT2D eigenvalue weighted by Crippen LogP contribution is 2.25. The van der Waals surface area contributed by atoms with Gasteiger partial charge in [-0.25, -0.2) is 21.6 Å². The van der Waals surface area contributed by atoms with Crippen molar-refractivity contribution >= 4 is 27.3 Å². The molecule has 112 valence electrons. The summed E-state index contributed by atoms with van der Waals surface area (Å²) < 4.78 is 65.7. The molecule has 3 nitrogen and oxygen atoms in total. The lowest BCUT2D eigenvalue weighted by Gasteiger charge is -2.11. The standard InChI is InChI=1S/C13H9ClF3NO2S/c1-7-6-8(14)2-4-10(7)18-21(19,20)11-5-3-9(15)12(16)13(11)17/h2-6,18H,1H3. The monoisotopic (exact) mass is 335 g/mol. The van der Waals surface area contributed by atoms with Crippen molar-refractivity contribution in [1.29, 1.82) is 0 Å². The van der Waals surface area contributed by atoms with Crippen LogP contribution in [0, 0.1) is 24.4 Å². The minimum Gasteiger partial charge on any atom is -0.279 e. The fraction of sp³-hybridized carbons (Fsp3) is 0.0769. The number of aryl methyl sites for hydroxylation is 1. The van der Waals surface area contributed by atoms with E-state index in [1.165, 1.54) is 18.2 Å². The van der Waals surface area contributed by atoms with Crippen LogP contribution in [0.1, 0.15) is 5.56 Å². The van der Waals surface area contributed by atoms with Gasteiger partial charge in [0.2, 0.25) is 0 Å². The smallest absolute Gasteiger partial charge is 0.264 e. The van der Waals surface area contributed by atoms with E-state index in [1.807, 2.05) is 0 Å². The lowest BCUT2D eigenvalue weighted by Crippen LogP contribution is -2.16. The van der Waals surface area contributed by atoms with Crippen molar-refractivity contribution in [2.45, 2.75) is 11.8 Å². The first-order chi connectivity index (χ1) is 9.72. The van der Waals surface area contributed by atoms with Crippen molar-refractivity contribution in [3.8, 4) is 0 Å². The summed E-state index contributed by atoms with van der Waals surface area (Å²) in [5.41, 5.74) is 0.651. The van der Waals surface area contributed by atoms with Gasteiger partial charge in [-0.2, -0.15) is 0 Å². The van der Waals surface area contributed by atoms with E-state index >= 15 is 0 Å². The maximum Gasteiger partial charge on any atom is 0.264 e. The highest BCUT2D eigenvalue weighted by Gasteiger charge is 2.24. The largest absolute Gasteiger partial charge is 0.279 e. The van der Waals surface area contributed by atoms with E-state index in [-0.39, 0.29) is 5.69 Å². The van der Waals surface area contributed by atoms with Crippen molar-refractivity contribution in [2.24, 2.45) is 0 Å². The maximum absolute atomic E-state index is 13.6. The van der Waals surface area contributed by atoms with Crippen LogP contribution in [-0.2, 0) is 10.0 Å². The van der Waals surface area contributed by atoms with Gasteiger partial charge in [0.15, 0.2) is 17.5 Å². The Morgan fingerprint density at radius 2 is 1.71 bits per heavy atom. The summed E-state index contributed by atoms with van der Waals surface area (Å²) in [4.78, 5) is -0.976. The van der Waals surface area contributed by atoms with E-state index in [1.54, 1.807) is 6.92 Å². The van der Waals surface area contributed by atoms with Gasteiger partial charge in [-0.05, 0) is 42.8 Å². The molecule has 0 heterocycles. The highest BCUT2D eigenvalue weighted by atomic mass is 35.5. The third-order valence-corrected chi connectivity index (χ3v) is 4.34. The Kier molecular flexibility index (Phi) is 4.15. The Labute approximate surface area is 124 Å². The Balaban J connectivity index is 2.46. The number of nitrogens with one attached hydrogen (secondary N) is 1. The molecule has 0 unspecified atom stereocenters. The van der Waals surface area contributed by atoms with E-state index in [9.17, 15) is 21.6 Å². The topological polar surface area (TPSA) is 46.2 Å². The molecule has 0 atom stereocenters. The van der Waals surface area contributed by atoms with Gasteiger partial charge in [0.05, 0.1) is 5.69 Å². The zero-order chi connectivity index (χ0) is 15.8. The fourth-order valence-corrected chi connectivity index (χ4v) is 3.08. The Bertz CT molecular complexity index is 809. The number of benzene rings is 2. The molecular formula is C13H9ClF3NO2S. The summed E-state index contributed by atoms with van der Waals surface area (Å²) in [5.74, 6) is -5.08. The van der Waals surface area contributed by atoms with Gasteiger partial charge >= 0.3 is 0 Å². The van der Waals surface area contributed by atoms with Gasteiger partial charge in [-0.3, -0.25) is 4.72 Å². The average molecular weight is 336 g/mol. The van der Waals surface area contributed by atoms with Gasteiger partial charge in [-0.15, -0.1) is 0 Å². The zero-order valence-corrected chi connectivity index (χ0v) is 12.2. The molecule has 2 rings (SSSR count). The van der Waals surface area contributed by atoms with Gasteiger partial charge in [0.25, 0.3) is 10.0 Å². The molecule has 0 aliphatic heterocycles. The molecule has 0 aromatic heterocycles. The zero-order valence-electron chi connectivity index (χ0n) is 10.6. The summed E-state index contributed by atoms with van der Waals surface area (Å²) >= 11 is 5.74. The molecule has 2 aromatic rings. The number of anilines is 1. The Morgan fingerprint density at radius 3 is 2.33 bits per heavy atom. The second-order valence-corrected chi connectivity index (χ2v) is 6.33. The van der Waals surface area contributed by atoms with Crippen LogP contribution in [0.2, 0.25) is 5.02 Å². The molecule has 0 aliphatic carbocycles. The number of hydrogen-bond donors (Lipinski definition) is 1. The fourth-order valence-electron chi connectivity index (χ4n) is 1.66. The van der Waals surface area contributed by atoms with Crippen molar-refractivity contribution in [1.82, 2.24) is 0 Å². The number of sulfonamides is 1. The van der Waals surface area contributed by atoms with Crippen LogP contribution in [-0.4, -0.2) is 8.42 Å². The van der Waals surface area contributed by atoms with Crippen molar-refractivity contribution in [3.05, 3.63) is 58.4 Å². The molecule has 0 spiro atoms. The van der Waals surface area contributed by atoms with Gasteiger partial charge in [-0.1, -0.05) is 11.6 Å². The third-order valence-electron chi connectivity index (χ3n) is 2.72. The normalized spacial score (nSPS) is 11.5. The maximum atomic E-state index is 13.6. The number of rotatable bonds is 3. The van der Waals surface area contributed by atoms with Crippen LogP contribution in [0.5, 0.6) is 0 Å². The summed E-state index contributed by atoms with van der Waals surface area (Å²) in [5, 5.41) is 0.398. The second-order valence-electron chi connectivity index (χ2n) is 4.24. The van der Waals surface area contributed by atoms with Crippen LogP contribution in [0.15, 0.2) is 35.2 Å². The van der Waals surface area contributed by atoms with E-state index in [0.29, 0.717) is 22.7 Å². The van der Waals surface area contributed by atoms with Crippen molar-refractivity contribution in [2.75, 3.05) is 4.72 Å². The van der Waals surface area contributed by atoms with Crippen LogP contribution >= 0.6 is 11.6 Å². The van der Waals surface area contributed by atoms with Gasteiger partial charge in [0.1, 0.15) is 4.90 Å². The molecule has 0 fully saturated rings. The third kappa shape index (κ3) is 3.14. The van der Waals surface area contributed by atoms with E-state index in [4.69, 9.17) is 11.6 Å². The summed E-state index contributed by atoms with van der Waals surface area (Å²) in [7, 11) is -4.39. The first kappa shape index (κ1) is 15.7. The molecule has 0 aliphatic rings. The summed E-state index contributed by atoms with van der Waals surface area (Å²) in [6.45, 7) is 1.59. The lowest BCUT2D eigenvalue weighted by atomic mass is 10.2. The minimum absolute atomic E-state index is 0.156.